The first-order valence-electron chi connectivity index (χ1n) is 7.46. The number of carbonyl (C=O) groups excluding carboxylic acids is 1. The van der Waals surface area contributed by atoms with Crippen LogP contribution in [0, 0.1) is 10.1 Å². The molecular weight excluding hydrogens is 411 g/mol. The maximum Gasteiger partial charge on any atom is 0.434 e. The van der Waals surface area contributed by atoms with Crippen molar-refractivity contribution < 1.29 is 37.1 Å². The van der Waals surface area contributed by atoms with Crippen LogP contribution in [-0.2, 0) is 22.8 Å². The zero-order valence-electron chi connectivity index (χ0n) is 14.6. The lowest BCUT2D eigenvalue weighted by molar-refractivity contribution is -0.386. The van der Waals surface area contributed by atoms with E-state index in [1.54, 1.807) is 0 Å². The predicted molar refractivity (Wildman–Crippen MR) is 88.5 cm³/mol. The monoisotopic (exact) mass is 423 g/mol. The quantitative estimate of drug-likeness (QED) is 0.396. The molecule has 0 N–H and O–H groups in total. The largest absolute Gasteiger partial charge is 0.472 e. The second-order valence-corrected chi connectivity index (χ2v) is 5.74. The lowest BCUT2D eigenvalue weighted by atomic mass is 10.2. The second-order valence-electron chi connectivity index (χ2n) is 5.36. The van der Waals surface area contributed by atoms with Crippen molar-refractivity contribution in [3.8, 4) is 17.4 Å². The molecule has 13 heteroatoms. The van der Waals surface area contributed by atoms with Crippen molar-refractivity contribution in [2.75, 3.05) is 7.11 Å². The van der Waals surface area contributed by atoms with E-state index in [1.807, 2.05) is 0 Å². The maximum atomic E-state index is 13.0. The highest BCUT2D eigenvalue weighted by Crippen LogP contribution is 2.41. The third-order valence-electron chi connectivity index (χ3n) is 3.41. The predicted octanol–water partition coefficient (Wildman–Crippen LogP) is 3.73. The Balaban J connectivity index is 2.39. The van der Waals surface area contributed by atoms with Crippen molar-refractivity contribution in [1.82, 2.24) is 9.78 Å². The topological polar surface area (TPSA) is 106 Å². The van der Waals surface area contributed by atoms with Gasteiger partial charge >= 0.3 is 17.8 Å². The Labute approximate surface area is 160 Å². The molecule has 28 heavy (non-hydrogen) atoms. The van der Waals surface area contributed by atoms with E-state index in [2.05, 4.69) is 9.84 Å². The Bertz CT molecular complexity index is 915. The molecule has 1 heterocycles. The average Bonchev–Trinajstić information content (AvgIpc) is 2.87. The van der Waals surface area contributed by atoms with Crippen molar-refractivity contribution in [2.45, 2.75) is 19.2 Å². The van der Waals surface area contributed by atoms with Gasteiger partial charge in [0.25, 0.3) is 5.88 Å². The highest BCUT2D eigenvalue weighted by atomic mass is 35.5. The summed E-state index contributed by atoms with van der Waals surface area (Å²) in [7, 11) is 2.14. The summed E-state index contributed by atoms with van der Waals surface area (Å²) in [4.78, 5) is 21.8. The van der Waals surface area contributed by atoms with Gasteiger partial charge < -0.3 is 14.2 Å². The van der Waals surface area contributed by atoms with Crippen LogP contribution in [0.5, 0.6) is 17.4 Å². The molecule has 0 aliphatic rings. The number of ether oxygens (including phenoxy) is 3. The standard InChI is InChI=1S/C15H13ClF3N3O6/c1-7(14(23)26-3)27-10-6-8(4-5-9(10)22(24)25)28-13-11(16)12(15(17,18)19)21(2)20-13/h4-7H,1-3H3/t7-/m0/s1. The number of aromatic nitrogens is 2. The summed E-state index contributed by atoms with van der Waals surface area (Å²) in [6, 6.07) is 3.14. The normalized spacial score (nSPS) is 12.4. The van der Waals surface area contributed by atoms with E-state index in [1.165, 1.54) is 6.92 Å². The Morgan fingerprint density at radius 3 is 2.54 bits per heavy atom. The lowest BCUT2D eigenvalue weighted by Crippen LogP contribution is -2.25. The molecule has 0 unspecified atom stereocenters. The first-order chi connectivity index (χ1) is 13.0. The molecule has 2 aromatic rings. The van der Waals surface area contributed by atoms with E-state index in [9.17, 15) is 28.1 Å². The van der Waals surface area contributed by atoms with Crippen molar-refractivity contribution >= 4 is 23.3 Å². The van der Waals surface area contributed by atoms with Gasteiger partial charge in [-0.25, -0.2) is 4.79 Å². The molecule has 0 fully saturated rings. The van der Waals surface area contributed by atoms with E-state index in [0.29, 0.717) is 4.68 Å². The van der Waals surface area contributed by atoms with E-state index >= 15 is 0 Å². The summed E-state index contributed by atoms with van der Waals surface area (Å²) in [5, 5.41) is 13.9. The zero-order chi connectivity index (χ0) is 21.2. The number of nitro benzene ring substituents is 1. The van der Waals surface area contributed by atoms with E-state index in [0.717, 1.165) is 32.4 Å². The third kappa shape index (κ3) is 4.44. The van der Waals surface area contributed by atoms with Crippen LogP contribution in [0.2, 0.25) is 5.02 Å². The molecule has 0 saturated carbocycles. The van der Waals surface area contributed by atoms with Crippen LogP contribution < -0.4 is 9.47 Å². The van der Waals surface area contributed by atoms with Crippen LogP contribution in [0.3, 0.4) is 0 Å². The number of hydrogen-bond donors (Lipinski definition) is 0. The smallest absolute Gasteiger partial charge is 0.434 e. The Morgan fingerprint density at radius 1 is 1.39 bits per heavy atom. The fourth-order valence-corrected chi connectivity index (χ4v) is 2.47. The van der Waals surface area contributed by atoms with Gasteiger partial charge in [-0.2, -0.15) is 13.2 Å². The summed E-state index contributed by atoms with van der Waals surface area (Å²) in [6.45, 7) is 1.30. The van der Waals surface area contributed by atoms with Gasteiger partial charge in [-0.05, 0) is 13.0 Å². The van der Waals surface area contributed by atoms with Gasteiger partial charge in [-0.3, -0.25) is 14.8 Å². The van der Waals surface area contributed by atoms with Gasteiger partial charge in [-0.15, -0.1) is 5.10 Å². The summed E-state index contributed by atoms with van der Waals surface area (Å²) in [5.74, 6) is -1.85. The molecule has 1 aromatic carbocycles. The van der Waals surface area contributed by atoms with E-state index in [-0.39, 0.29) is 11.5 Å². The third-order valence-corrected chi connectivity index (χ3v) is 3.75. The van der Waals surface area contributed by atoms with Gasteiger partial charge in [0.1, 0.15) is 10.8 Å². The van der Waals surface area contributed by atoms with Gasteiger partial charge in [-0.1, -0.05) is 11.6 Å². The molecular formula is C15H13ClF3N3O6. The van der Waals surface area contributed by atoms with Crippen LogP contribution >= 0.6 is 11.6 Å². The molecule has 1 aromatic heterocycles. The fourth-order valence-electron chi connectivity index (χ4n) is 2.17. The minimum atomic E-state index is -4.76. The molecule has 1 atom stereocenters. The van der Waals surface area contributed by atoms with E-state index in [4.69, 9.17) is 21.1 Å². The average molecular weight is 424 g/mol. The number of nitrogens with zero attached hydrogens (tertiary/aromatic N) is 3. The molecule has 0 aliphatic heterocycles. The zero-order valence-corrected chi connectivity index (χ0v) is 15.4. The molecule has 152 valence electrons. The summed E-state index contributed by atoms with van der Waals surface area (Å²) in [6.07, 6.45) is -5.95. The molecule has 9 nitrogen and oxygen atoms in total. The number of halogens is 4. The number of carbonyl (C=O) groups is 1. The number of aryl methyl sites for hydroxylation is 1. The first kappa shape index (κ1) is 21.3. The first-order valence-corrected chi connectivity index (χ1v) is 7.84. The maximum absolute atomic E-state index is 13.0. The minimum absolute atomic E-state index is 0.147. The summed E-state index contributed by atoms with van der Waals surface area (Å²) >= 11 is 5.70. The number of alkyl halides is 3. The summed E-state index contributed by atoms with van der Waals surface area (Å²) < 4.78 is 54.4. The van der Waals surface area contributed by atoms with Crippen molar-refractivity contribution in [1.29, 1.82) is 0 Å². The number of esters is 1. The van der Waals surface area contributed by atoms with Crippen molar-refractivity contribution in [3.05, 3.63) is 39.0 Å². The van der Waals surface area contributed by atoms with Crippen molar-refractivity contribution in [3.63, 3.8) is 0 Å². The summed E-state index contributed by atoms with van der Waals surface area (Å²) in [5.41, 5.74) is -1.71. The number of nitro groups is 1. The highest BCUT2D eigenvalue weighted by Gasteiger charge is 2.39. The lowest BCUT2D eigenvalue weighted by Gasteiger charge is -2.13. The Morgan fingerprint density at radius 2 is 2.04 bits per heavy atom. The van der Waals surface area contributed by atoms with Crippen LogP contribution in [-0.4, -0.2) is 33.9 Å². The highest BCUT2D eigenvalue weighted by molar-refractivity contribution is 6.32. The molecule has 0 spiro atoms. The van der Waals surface area contributed by atoms with Crippen LogP contribution in [0.4, 0.5) is 18.9 Å². The van der Waals surface area contributed by atoms with Crippen molar-refractivity contribution in [2.24, 2.45) is 7.05 Å². The SMILES string of the molecule is COC(=O)[C@H](C)Oc1cc(Oc2nn(C)c(C(F)(F)F)c2Cl)ccc1[N+](=O)[O-]. The van der Waals surface area contributed by atoms with Crippen LogP contribution in [0.15, 0.2) is 18.2 Å². The van der Waals surface area contributed by atoms with E-state index < -0.39 is 45.5 Å². The van der Waals surface area contributed by atoms with Gasteiger partial charge in [0.15, 0.2) is 11.8 Å². The fraction of sp³-hybridized carbons (Fsp3) is 0.333. The molecule has 0 bridgehead atoms. The Hall–Kier alpha value is -3.02. The molecule has 0 radical (unpaired) electrons. The van der Waals surface area contributed by atoms with Crippen LogP contribution in [0.1, 0.15) is 12.6 Å². The molecule has 0 amide bonds. The molecule has 2 rings (SSSR count). The molecule has 0 saturated heterocycles. The number of hydrogen-bond acceptors (Lipinski definition) is 7. The van der Waals surface area contributed by atoms with Crippen LogP contribution in [0.25, 0.3) is 0 Å². The number of benzene rings is 1. The van der Waals surface area contributed by atoms with Gasteiger partial charge in [0, 0.05) is 19.2 Å². The van der Waals surface area contributed by atoms with Gasteiger partial charge in [0.2, 0.25) is 5.75 Å². The molecule has 0 aliphatic carbocycles. The number of rotatable bonds is 6. The number of methoxy groups -OCH3 is 1. The second kappa shape index (κ2) is 7.92. The minimum Gasteiger partial charge on any atom is -0.472 e. The Kier molecular flexibility index (Phi) is 6.02. The van der Waals surface area contributed by atoms with Gasteiger partial charge in [0.05, 0.1) is 12.0 Å².